The highest BCUT2D eigenvalue weighted by Crippen LogP contribution is 2.77. The van der Waals surface area contributed by atoms with Crippen LogP contribution in [0.25, 0.3) is 5.57 Å². The van der Waals surface area contributed by atoms with Crippen LogP contribution in [-0.2, 0) is 4.74 Å². The number of hydrogen-bond donors (Lipinski definition) is 2. The fourth-order valence-corrected chi connectivity index (χ4v) is 13.6. The van der Waals surface area contributed by atoms with Crippen molar-refractivity contribution in [3.05, 3.63) is 41.5 Å². The molecular weight excluding hydrogens is 594 g/mol. The molecule has 5 fully saturated rings. The van der Waals surface area contributed by atoms with Gasteiger partial charge in [0, 0.05) is 18.6 Å². The van der Waals surface area contributed by atoms with E-state index in [1.165, 1.54) is 69.6 Å². The van der Waals surface area contributed by atoms with Crippen LogP contribution in [0.1, 0.15) is 121 Å². The summed E-state index contributed by atoms with van der Waals surface area (Å²) in [5.41, 5.74) is 4.14. The highest BCUT2D eigenvalue weighted by molar-refractivity contribution is 5.90. The van der Waals surface area contributed by atoms with E-state index in [0.29, 0.717) is 41.2 Å². The number of esters is 1. The molecule has 6 aliphatic carbocycles. The van der Waals surface area contributed by atoms with E-state index in [2.05, 4.69) is 82.5 Å². The molecule has 0 heterocycles. The van der Waals surface area contributed by atoms with Gasteiger partial charge in [-0.15, -0.1) is 0 Å². The largest absolute Gasteiger partial charge is 0.465 e. The van der Waals surface area contributed by atoms with Crippen molar-refractivity contribution in [2.24, 2.45) is 57.2 Å². The van der Waals surface area contributed by atoms with E-state index in [4.69, 9.17) is 4.74 Å². The lowest BCUT2D eigenvalue weighted by molar-refractivity contribution is -0.220. The minimum Gasteiger partial charge on any atom is -0.465 e. The summed E-state index contributed by atoms with van der Waals surface area (Å²) in [5.74, 6) is 3.97. The lowest BCUT2D eigenvalue weighted by Crippen LogP contribution is -2.68. The van der Waals surface area contributed by atoms with Gasteiger partial charge in [-0.05, 0) is 165 Å². The maximum Gasteiger partial charge on any atom is 0.337 e. The Hall–Kier alpha value is -2.34. The molecule has 9 atom stereocenters. The maximum absolute atomic E-state index is 13.4. The molecule has 5 saturated carbocycles. The molecule has 2 amide bonds. The number of likely N-dealkylation sites (N-methyl/N-ethyl adjacent to an activating group) is 1. The molecule has 0 aromatic heterocycles. The molecular formula is C42H63N3O3. The lowest BCUT2D eigenvalue weighted by Gasteiger charge is -2.72. The highest BCUT2D eigenvalue weighted by Gasteiger charge is 2.71. The SMILES string of the molecule is COC(=O)c1ccc(C2=CC[C@]3(C)C4CC[C@@H]5C6[C@H](C7CC7)CC[C@]6(NC(=O)NCCN(C)C)CC[C@@]5(C)[C@]4(C)CC[C@H]3C2(C)C)cc1. The van der Waals surface area contributed by atoms with Crippen LogP contribution in [0, 0.1) is 57.2 Å². The van der Waals surface area contributed by atoms with Crippen LogP contribution < -0.4 is 10.6 Å². The van der Waals surface area contributed by atoms with Crippen molar-refractivity contribution in [3.8, 4) is 0 Å². The number of carbonyl (C=O) groups is 2. The van der Waals surface area contributed by atoms with Crippen LogP contribution >= 0.6 is 0 Å². The number of amides is 2. The molecule has 0 spiro atoms. The molecule has 6 aliphatic rings. The van der Waals surface area contributed by atoms with Crippen molar-refractivity contribution in [1.29, 1.82) is 0 Å². The quantitative estimate of drug-likeness (QED) is 0.288. The Morgan fingerprint density at radius 3 is 2.25 bits per heavy atom. The number of fused-ring (bicyclic) bond motifs is 7. The van der Waals surface area contributed by atoms with Gasteiger partial charge in [-0.2, -0.15) is 0 Å². The van der Waals surface area contributed by atoms with Crippen molar-refractivity contribution >= 4 is 17.6 Å². The summed E-state index contributed by atoms with van der Waals surface area (Å²) in [7, 11) is 5.57. The molecule has 2 unspecified atom stereocenters. The van der Waals surface area contributed by atoms with Gasteiger partial charge in [0.15, 0.2) is 0 Å². The van der Waals surface area contributed by atoms with Crippen LogP contribution in [0.5, 0.6) is 0 Å². The summed E-state index contributed by atoms with van der Waals surface area (Å²) >= 11 is 0. The number of carbonyl (C=O) groups excluding carboxylic acids is 2. The molecule has 7 rings (SSSR count). The Balaban J connectivity index is 1.17. The normalized spacial score (nSPS) is 41.3. The number of urea groups is 1. The van der Waals surface area contributed by atoms with Crippen LogP contribution in [0.15, 0.2) is 30.3 Å². The van der Waals surface area contributed by atoms with E-state index in [0.717, 1.165) is 37.6 Å². The van der Waals surface area contributed by atoms with Crippen LogP contribution in [0.3, 0.4) is 0 Å². The van der Waals surface area contributed by atoms with Gasteiger partial charge < -0.3 is 20.3 Å². The average molecular weight is 658 g/mol. The Bertz CT molecular complexity index is 1450. The number of rotatable bonds is 7. The van der Waals surface area contributed by atoms with Gasteiger partial charge in [-0.1, -0.05) is 52.8 Å². The van der Waals surface area contributed by atoms with Crippen LogP contribution in [0.2, 0.25) is 0 Å². The third-order valence-corrected chi connectivity index (χ3v) is 16.1. The number of benzene rings is 1. The number of nitrogens with zero attached hydrogens (tertiary/aromatic N) is 1. The van der Waals surface area contributed by atoms with Crippen LogP contribution in [0.4, 0.5) is 4.79 Å². The topological polar surface area (TPSA) is 70.7 Å². The molecule has 0 aliphatic heterocycles. The third-order valence-electron chi connectivity index (χ3n) is 16.1. The summed E-state index contributed by atoms with van der Waals surface area (Å²) < 4.78 is 4.96. The van der Waals surface area contributed by atoms with Crippen molar-refractivity contribution < 1.29 is 14.3 Å². The highest BCUT2D eigenvalue weighted by atomic mass is 16.5. The first-order chi connectivity index (χ1) is 22.7. The fraction of sp³-hybridized carbons (Fsp3) is 0.762. The first-order valence-corrected chi connectivity index (χ1v) is 19.3. The first kappa shape index (κ1) is 34.1. The summed E-state index contributed by atoms with van der Waals surface area (Å²) in [4.78, 5) is 27.7. The maximum atomic E-state index is 13.4. The molecule has 0 radical (unpaired) electrons. The van der Waals surface area contributed by atoms with Gasteiger partial charge in [0.2, 0.25) is 0 Å². The standard InChI is InChI=1S/C42H63N3O3/c1-38(2)31(28-11-13-29(14-12-28)36(46)48-8)18-20-39(3)33(38)19-21-41(5)34(39)16-15-32-35-30(27-9-10-27)17-22-42(35,24-23-40(32,41)4)44-37(47)43-25-26-45(6)7/h11-14,18,27,30,32-35H,9-10,15-17,19-26H2,1-8H3,(H2,43,44,47)/t30-,32+,33-,34?,35?,39-,40+,41+,42-/m0/s1. The number of nitrogens with one attached hydrogen (secondary N) is 2. The second kappa shape index (κ2) is 11.9. The number of allylic oxidation sites excluding steroid dienone is 2. The monoisotopic (exact) mass is 657 g/mol. The zero-order valence-corrected chi connectivity index (χ0v) is 31.2. The Morgan fingerprint density at radius 2 is 1.58 bits per heavy atom. The second-order valence-corrected chi connectivity index (χ2v) is 18.7. The van der Waals surface area contributed by atoms with E-state index < -0.39 is 0 Å². The molecule has 1 aromatic rings. The molecule has 6 nitrogen and oxygen atoms in total. The van der Waals surface area contributed by atoms with E-state index in [9.17, 15) is 9.59 Å². The summed E-state index contributed by atoms with van der Waals surface area (Å²) in [5, 5.41) is 6.92. The average Bonchev–Trinajstić information content (AvgIpc) is 3.81. The predicted octanol–water partition coefficient (Wildman–Crippen LogP) is 8.57. The van der Waals surface area contributed by atoms with Gasteiger partial charge >= 0.3 is 12.0 Å². The Labute approximate surface area is 290 Å². The first-order valence-electron chi connectivity index (χ1n) is 19.3. The van der Waals surface area contributed by atoms with E-state index in [1.807, 2.05) is 12.1 Å². The van der Waals surface area contributed by atoms with Gasteiger partial charge in [0.1, 0.15) is 0 Å². The van der Waals surface area contributed by atoms with Gasteiger partial charge in [0.05, 0.1) is 12.7 Å². The molecule has 6 heteroatoms. The predicted molar refractivity (Wildman–Crippen MR) is 193 cm³/mol. The van der Waals surface area contributed by atoms with Gasteiger partial charge in [0.25, 0.3) is 0 Å². The molecule has 1 aromatic carbocycles. The van der Waals surface area contributed by atoms with Crippen molar-refractivity contribution in [2.45, 2.75) is 111 Å². The Morgan fingerprint density at radius 1 is 0.854 bits per heavy atom. The molecule has 0 saturated heterocycles. The molecule has 48 heavy (non-hydrogen) atoms. The van der Waals surface area contributed by atoms with E-state index >= 15 is 0 Å². The number of hydrogen-bond acceptors (Lipinski definition) is 4. The number of ether oxygens (including phenoxy) is 1. The minimum atomic E-state index is -0.276. The zero-order chi connectivity index (χ0) is 34.3. The zero-order valence-electron chi connectivity index (χ0n) is 31.2. The smallest absolute Gasteiger partial charge is 0.337 e. The van der Waals surface area contributed by atoms with Gasteiger partial charge in [-0.3, -0.25) is 0 Å². The molecule has 264 valence electrons. The van der Waals surface area contributed by atoms with Crippen molar-refractivity contribution in [1.82, 2.24) is 15.5 Å². The second-order valence-electron chi connectivity index (χ2n) is 18.7. The van der Waals surface area contributed by atoms with Gasteiger partial charge in [-0.25, -0.2) is 9.59 Å². The third kappa shape index (κ3) is 5.11. The lowest BCUT2D eigenvalue weighted by atomic mass is 9.33. The summed E-state index contributed by atoms with van der Waals surface area (Å²) in [6.07, 6.45) is 16.5. The fourth-order valence-electron chi connectivity index (χ4n) is 13.6. The summed E-state index contributed by atoms with van der Waals surface area (Å²) in [6, 6.07) is 8.17. The van der Waals surface area contributed by atoms with Crippen molar-refractivity contribution in [2.75, 3.05) is 34.3 Å². The Kier molecular flexibility index (Phi) is 8.44. The van der Waals surface area contributed by atoms with Crippen molar-refractivity contribution in [3.63, 3.8) is 0 Å². The summed E-state index contributed by atoms with van der Waals surface area (Å²) in [6.45, 7) is 14.6. The van der Waals surface area contributed by atoms with E-state index in [1.54, 1.807) is 0 Å². The molecule has 0 bridgehead atoms. The van der Waals surface area contributed by atoms with Crippen LogP contribution in [-0.4, -0.2) is 56.7 Å². The molecule has 2 N–H and O–H groups in total. The number of methoxy groups -OCH3 is 1. The van der Waals surface area contributed by atoms with E-state index in [-0.39, 0.29) is 33.8 Å². The minimum absolute atomic E-state index is 0.0438.